The van der Waals surface area contributed by atoms with Crippen molar-refractivity contribution in [3.05, 3.63) is 59.6 Å². The van der Waals surface area contributed by atoms with Gasteiger partial charge in [-0.25, -0.2) is 4.68 Å². The first-order chi connectivity index (χ1) is 14.7. The average Bonchev–Trinajstić information content (AvgIpc) is 3.21. The Bertz CT molecular complexity index is 1150. The second-order valence-electron chi connectivity index (χ2n) is 7.22. The number of carbonyl (C=O) groups is 1. The van der Waals surface area contributed by atoms with Crippen molar-refractivity contribution in [3.8, 4) is 22.9 Å². The Morgan fingerprint density at radius 3 is 2.70 bits per heavy atom. The molecule has 152 valence electrons. The number of hydrogen-bond acceptors (Lipinski definition) is 7. The van der Waals surface area contributed by atoms with E-state index in [1.807, 2.05) is 30.3 Å². The van der Waals surface area contributed by atoms with Crippen molar-refractivity contribution in [2.24, 2.45) is 0 Å². The zero-order valence-corrected chi connectivity index (χ0v) is 16.8. The van der Waals surface area contributed by atoms with E-state index in [2.05, 4.69) is 10.3 Å². The summed E-state index contributed by atoms with van der Waals surface area (Å²) in [7, 11) is 3.20. The van der Waals surface area contributed by atoms with Crippen LogP contribution >= 0.6 is 0 Å². The smallest absolute Gasteiger partial charge is 0.226 e. The molecular weight excluding hydrogens is 382 g/mol. The van der Waals surface area contributed by atoms with Gasteiger partial charge in [0.2, 0.25) is 5.95 Å². The number of allylic oxidation sites excluding steroid dienone is 2. The zero-order valence-electron chi connectivity index (χ0n) is 16.8. The van der Waals surface area contributed by atoms with Crippen LogP contribution in [-0.2, 0) is 4.79 Å². The molecule has 0 saturated heterocycles. The van der Waals surface area contributed by atoms with E-state index in [9.17, 15) is 4.79 Å². The summed E-state index contributed by atoms with van der Waals surface area (Å²) in [5.74, 6) is 2.48. The lowest BCUT2D eigenvalue weighted by molar-refractivity contribution is -0.116. The summed E-state index contributed by atoms with van der Waals surface area (Å²) in [6.07, 6.45) is 5.54. The Balaban J connectivity index is 1.73. The molecule has 8 heteroatoms. The first kappa shape index (κ1) is 18.4. The van der Waals surface area contributed by atoms with Gasteiger partial charge in [0.1, 0.15) is 6.04 Å². The van der Waals surface area contributed by atoms with Crippen LogP contribution in [0.25, 0.3) is 11.4 Å². The molecule has 1 N–H and O–H groups in total. The number of aromatic nitrogens is 4. The molecule has 30 heavy (non-hydrogen) atoms. The molecule has 0 fully saturated rings. The number of rotatable bonds is 4. The monoisotopic (exact) mass is 403 g/mol. The SMILES string of the molecule is COc1cccc(C2C3=C(CCCC3=O)Nc3nc(-c4ccncc4)nn32)c1OC. The van der Waals surface area contributed by atoms with Gasteiger partial charge in [-0.1, -0.05) is 12.1 Å². The van der Waals surface area contributed by atoms with Gasteiger partial charge in [0.25, 0.3) is 0 Å². The molecule has 1 aliphatic heterocycles. The molecule has 0 spiro atoms. The number of para-hydroxylation sites is 1. The predicted molar refractivity (Wildman–Crippen MR) is 110 cm³/mol. The van der Waals surface area contributed by atoms with Gasteiger partial charge in [-0.05, 0) is 31.0 Å². The van der Waals surface area contributed by atoms with Crippen molar-refractivity contribution >= 4 is 11.7 Å². The number of methoxy groups -OCH3 is 2. The van der Waals surface area contributed by atoms with Crippen LogP contribution in [0.15, 0.2) is 54.0 Å². The van der Waals surface area contributed by atoms with E-state index in [1.54, 1.807) is 31.3 Å². The Morgan fingerprint density at radius 1 is 1.10 bits per heavy atom. The number of fused-ring (bicyclic) bond motifs is 1. The van der Waals surface area contributed by atoms with Crippen LogP contribution in [0.4, 0.5) is 5.95 Å². The molecular formula is C22H21N5O3. The van der Waals surface area contributed by atoms with Crippen LogP contribution in [0.3, 0.4) is 0 Å². The number of ketones is 1. The van der Waals surface area contributed by atoms with Crippen molar-refractivity contribution in [1.29, 1.82) is 0 Å². The molecule has 0 saturated carbocycles. The number of Topliss-reactive ketones (excluding diaryl/α,β-unsaturated/α-hetero) is 1. The quantitative estimate of drug-likeness (QED) is 0.714. The summed E-state index contributed by atoms with van der Waals surface area (Å²) in [6, 6.07) is 8.96. The van der Waals surface area contributed by atoms with Crippen molar-refractivity contribution in [3.63, 3.8) is 0 Å². The molecule has 3 heterocycles. The predicted octanol–water partition coefficient (Wildman–Crippen LogP) is 3.38. The maximum atomic E-state index is 13.0. The maximum Gasteiger partial charge on any atom is 0.226 e. The Morgan fingerprint density at radius 2 is 1.93 bits per heavy atom. The summed E-state index contributed by atoms with van der Waals surface area (Å²) in [5, 5.41) is 8.11. The normalized spacial score (nSPS) is 17.8. The number of nitrogens with one attached hydrogen (secondary N) is 1. The Labute approximate surface area is 173 Å². The molecule has 0 amide bonds. The zero-order chi connectivity index (χ0) is 20.7. The molecule has 3 aromatic rings. The fraction of sp³-hybridized carbons (Fsp3) is 0.273. The molecule has 2 aliphatic rings. The number of pyridine rings is 1. The van der Waals surface area contributed by atoms with E-state index >= 15 is 0 Å². The lowest BCUT2D eigenvalue weighted by Gasteiger charge is -2.32. The molecule has 1 aromatic carbocycles. The average molecular weight is 403 g/mol. The van der Waals surface area contributed by atoms with E-state index in [4.69, 9.17) is 19.6 Å². The minimum absolute atomic E-state index is 0.116. The number of anilines is 1. The maximum absolute atomic E-state index is 13.0. The minimum atomic E-state index is -0.447. The summed E-state index contributed by atoms with van der Waals surface area (Å²) in [6.45, 7) is 0. The van der Waals surface area contributed by atoms with E-state index in [0.717, 1.165) is 29.7 Å². The van der Waals surface area contributed by atoms with Crippen LogP contribution in [0.5, 0.6) is 11.5 Å². The van der Waals surface area contributed by atoms with E-state index in [1.165, 1.54) is 0 Å². The molecule has 1 unspecified atom stereocenters. The van der Waals surface area contributed by atoms with Crippen LogP contribution in [0.2, 0.25) is 0 Å². The summed E-state index contributed by atoms with van der Waals surface area (Å²) in [4.78, 5) is 21.8. The topological polar surface area (TPSA) is 91.2 Å². The van der Waals surface area contributed by atoms with Crippen LogP contribution in [-0.4, -0.2) is 39.8 Å². The number of carbonyl (C=O) groups excluding carboxylic acids is 1. The lowest BCUT2D eigenvalue weighted by atomic mass is 9.85. The van der Waals surface area contributed by atoms with Gasteiger partial charge in [0.05, 0.1) is 14.2 Å². The number of hydrogen-bond donors (Lipinski definition) is 1. The van der Waals surface area contributed by atoms with E-state index in [-0.39, 0.29) is 5.78 Å². The summed E-state index contributed by atoms with van der Waals surface area (Å²) < 4.78 is 13.0. The highest BCUT2D eigenvalue weighted by Gasteiger charge is 2.38. The van der Waals surface area contributed by atoms with E-state index < -0.39 is 6.04 Å². The van der Waals surface area contributed by atoms with Gasteiger partial charge in [0.15, 0.2) is 23.1 Å². The molecule has 0 radical (unpaired) electrons. The second-order valence-corrected chi connectivity index (χ2v) is 7.22. The van der Waals surface area contributed by atoms with Crippen LogP contribution < -0.4 is 14.8 Å². The molecule has 5 rings (SSSR count). The molecule has 1 atom stereocenters. The third-order valence-electron chi connectivity index (χ3n) is 5.53. The standard InChI is InChI=1S/C22H21N5O3/c1-29-17-8-3-5-14(20(17)30-2)19-18-15(6-4-7-16(18)28)24-22-25-21(26-27(19)22)13-9-11-23-12-10-13/h3,5,8-12,19H,4,6-7H2,1-2H3,(H,24,25,26). The number of nitrogens with zero attached hydrogens (tertiary/aromatic N) is 4. The third kappa shape index (κ3) is 2.83. The van der Waals surface area contributed by atoms with Gasteiger partial charge >= 0.3 is 0 Å². The lowest BCUT2D eigenvalue weighted by Crippen LogP contribution is -2.31. The van der Waals surface area contributed by atoms with Crippen molar-refractivity contribution in [2.45, 2.75) is 25.3 Å². The molecule has 1 aliphatic carbocycles. The van der Waals surface area contributed by atoms with Gasteiger partial charge < -0.3 is 14.8 Å². The fourth-order valence-electron chi connectivity index (χ4n) is 4.19. The second kappa shape index (κ2) is 7.29. The highest BCUT2D eigenvalue weighted by atomic mass is 16.5. The first-order valence-corrected chi connectivity index (χ1v) is 9.82. The van der Waals surface area contributed by atoms with Crippen LogP contribution in [0, 0.1) is 0 Å². The Hall–Kier alpha value is -3.68. The largest absolute Gasteiger partial charge is 0.493 e. The first-order valence-electron chi connectivity index (χ1n) is 9.82. The molecule has 8 nitrogen and oxygen atoms in total. The van der Waals surface area contributed by atoms with Gasteiger partial charge in [0, 0.05) is 41.2 Å². The molecule has 0 bridgehead atoms. The third-order valence-corrected chi connectivity index (χ3v) is 5.53. The van der Waals surface area contributed by atoms with Gasteiger partial charge in [-0.3, -0.25) is 9.78 Å². The number of benzene rings is 1. The van der Waals surface area contributed by atoms with Gasteiger partial charge in [-0.15, -0.1) is 5.10 Å². The minimum Gasteiger partial charge on any atom is -0.493 e. The van der Waals surface area contributed by atoms with Crippen LogP contribution in [0.1, 0.15) is 30.9 Å². The Kier molecular flexibility index (Phi) is 4.46. The highest BCUT2D eigenvalue weighted by Crippen LogP contribution is 2.45. The summed E-state index contributed by atoms with van der Waals surface area (Å²) >= 11 is 0. The fourth-order valence-corrected chi connectivity index (χ4v) is 4.19. The highest BCUT2D eigenvalue weighted by molar-refractivity contribution is 5.99. The van der Waals surface area contributed by atoms with Crippen molar-refractivity contribution < 1.29 is 14.3 Å². The van der Waals surface area contributed by atoms with Gasteiger partial charge in [-0.2, -0.15) is 4.98 Å². The molecule has 2 aromatic heterocycles. The van der Waals surface area contributed by atoms with E-state index in [0.29, 0.717) is 35.3 Å². The van der Waals surface area contributed by atoms with Crippen molar-refractivity contribution in [2.75, 3.05) is 19.5 Å². The summed E-state index contributed by atoms with van der Waals surface area (Å²) in [5.41, 5.74) is 3.29. The number of ether oxygens (including phenoxy) is 2. The van der Waals surface area contributed by atoms with Crippen molar-refractivity contribution in [1.82, 2.24) is 19.7 Å².